The molecule has 1 heterocycles. The second-order valence-electron chi connectivity index (χ2n) is 6.72. The summed E-state index contributed by atoms with van der Waals surface area (Å²) in [4.78, 5) is 0. The molecule has 21 heavy (non-hydrogen) atoms. The number of piperazine rings is 1. The van der Waals surface area contributed by atoms with Crippen LogP contribution in [0, 0.1) is 0 Å². The number of quaternary nitrogens is 1. The molecule has 0 aromatic heterocycles. The van der Waals surface area contributed by atoms with Crippen LogP contribution < -0.4 is 0 Å². The molecule has 4 nitrogen and oxygen atoms in total. The van der Waals surface area contributed by atoms with Gasteiger partial charge >= 0.3 is 0 Å². The molecule has 0 atom stereocenters. The average molecular weight is 320 g/mol. The smallest absolute Gasteiger partial charge is 0.214 e. The van der Waals surface area contributed by atoms with E-state index in [9.17, 15) is 8.42 Å². The number of sulfonamides is 1. The van der Waals surface area contributed by atoms with Crippen LogP contribution >= 0.6 is 0 Å². The highest BCUT2D eigenvalue weighted by atomic mass is 32.2. The summed E-state index contributed by atoms with van der Waals surface area (Å²) in [6.07, 6.45) is 8.18. The van der Waals surface area contributed by atoms with Gasteiger partial charge in [0.1, 0.15) is 0 Å². The highest BCUT2D eigenvalue weighted by molar-refractivity contribution is 7.89. The van der Waals surface area contributed by atoms with E-state index < -0.39 is 10.0 Å². The van der Waals surface area contributed by atoms with Crippen molar-refractivity contribution in [3.05, 3.63) is 0 Å². The monoisotopic (exact) mass is 319 g/mol. The zero-order chi connectivity index (χ0) is 15.8. The van der Waals surface area contributed by atoms with Crippen LogP contribution in [0.4, 0.5) is 0 Å². The summed E-state index contributed by atoms with van der Waals surface area (Å²) in [6, 6.07) is 0. The maximum absolute atomic E-state index is 12.3. The number of hydrogen-bond donors (Lipinski definition) is 0. The van der Waals surface area contributed by atoms with E-state index in [1.165, 1.54) is 32.1 Å². The molecule has 1 fully saturated rings. The Balaban J connectivity index is 2.22. The van der Waals surface area contributed by atoms with Crippen LogP contribution in [0.25, 0.3) is 0 Å². The molecule has 0 aromatic carbocycles. The van der Waals surface area contributed by atoms with Crippen LogP contribution in [0.3, 0.4) is 0 Å². The maximum Gasteiger partial charge on any atom is 0.214 e. The van der Waals surface area contributed by atoms with Crippen molar-refractivity contribution in [1.82, 2.24) is 4.31 Å². The third-order valence-corrected chi connectivity index (χ3v) is 6.90. The van der Waals surface area contributed by atoms with Crippen molar-refractivity contribution in [3.63, 3.8) is 0 Å². The fraction of sp³-hybridized carbons (Fsp3) is 1.00. The molecular weight excluding hydrogens is 284 g/mol. The van der Waals surface area contributed by atoms with E-state index in [0.717, 1.165) is 37.0 Å². The summed E-state index contributed by atoms with van der Waals surface area (Å²) in [7, 11) is -0.793. The average Bonchev–Trinajstić information content (AvgIpc) is 2.47. The third-order valence-electron chi connectivity index (χ3n) is 4.94. The van der Waals surface area contributed by atoms with Gasteiger partial charge in [-0.1, -0.05) is 45.4 Å². The molecule has 1 aliphatic rings. The summed E-state index contributed by atoms with van der Waals surface area (Å²) < 4.78 is 27.4. The van der Waals surface area contributed by atoms with Gasteiger partial charge in [0.25, 0.3) is 0 Å². The standard InChI is InChI=1S/C16H35N2O2S/c1-4-6-7-8-9-10-11-16-21(19,20)17-12-14-18(3,5-2)15-13-17/h4-16H2,1-3H3/q+1. The van der Waals surface area contributed by atoms with Gasteiger partial charge in [-0.15, -0.1) is 0 Å². The first-order valence-corrected chi connectivity index (χ1v) is 10.4. The van der Waals surface area contributed by atoms with Gasteiger partial charge in [-0.25, -0.2) is 8.42 Å². The molecule has 0 bridgehead atoms. The molecule has 126 valence electrons. The SMILES string of the molecule is CCCCCCCCCS(=O)(=O)N1CC[N+](C)(CC)CC1. The lowest BCUT2D eigenvalue weighted by molar-refractivity contribution is -0.911. The maximum atomic E-state index is 12.3. The first-order valence-electron chi connectivity index (χ1n) is 8.75. The molecule has 1 rings (SSSR count). The summed E-state index contributed by atoms with van der Waals surface area (Å²) in [5.74, 6) is 0.344. The van der Waals surface area contributed by atoms with Gasteiger partial charge in [0.15, 0.2) is 0 Å². The Bertz CT molecular complexity index is 374. The first kappa shape index (κ1) is 18.9. The number of unbranched alkanes of at least 4 members (excludes halogenated alkanes) is 6. The zero-order valence-electron chi connectivity index (χ0n) is 14.3. The van der Waals surface area contributed by atoms with Crippen LogP contribution in [0.5, 0.6) is 0 Å². The van der Waals surface area contributed by atoms with E-state index in [1.54, 1.807) is 4.31 Å². The Morgan fingerprint density at radius 3 is 1.95 bits per heavy atom. The van der Waals surface area contributed by atoms with Crippen molar-refractivity contribution in [3.8, 4) is 0 Å². The van der Waals surface area contributed by atoms with Gasteiger partial charge in [0, 0.05) is 0 Å². The first-order chi connectivity index (χ1) is 9.93. The summed E-state index contributed by atoms with van der Waals surface area (Å²) in [5, 5.41) is 0. The van der Waals surface area contributed by atoms with Gasteiger partial charge in [0.2, 0.25) is 10.0 Å². The highest BCUT2D eigenvalue weighted by Gasteiger charge is 2.32. The van der Waals surface area contributed by atoms with Crippen LogP contribution in [-0.4, -0.2) is 62.7 Å². The minimum absolute atomic E-state index is 0.344. The number of rotatable bonds is 10. The van der Waals surface area contributed by atoms with Crippen LogP contribution in [-0.2, 0) is 10.0 Å². The van der Waals surface area contributed by atoms with Gasteiger partial charge in [-0.2, -0.15) is 4.31 Å². The molecule has 1 saturated heterocycles. The Labute approximate surface area is 132 Å². The zero-order valence-corrected chi connectivity index (χ0v) is 15.1. The summed E-state index contributed by atoms with van der Waals surface area (Å²) in [6.45, 7) is 8.79. The predicted octanol–water partition coefficient (Wildman–Crippen LogP) is 2.85. The quantitative estimate of drug-likeness (QED) is 0.459. The molecule has 1 aliphatic heterocycles. The van der Waals surface area contributed by atoms with E-state index in [0.29, 0.717) is 18.8 Å². The van der Waals surface area contributed by atoms with Gasteiger partial charge in [-0.05, 0) is 13.3 Å². The van der Waals surface area contributed by atoms with E-state index in [4.69, 9.17) is 0 Å². The molecular formula is C16H35N2O2S+. The number of nitrogens with zero attached hydrogens (tertiary/aromatic N) is 2. The molecule has 0 aromatic rings. The van der Waals surface area contributed by atoms with E-state index in [-0.39, 0.29) is 0 Å². The normalized spacial score (nSPS) is 19.8. The minimum Gasteiger partial charge on any atom is -0.324 e. The Morgan fingerprint density at radius 2 is 1.43 bits per heavy atom. The Kier molecular flexibility index (Phi) is 8.21. The van der Waals surface area contributed by atoms with Gasteiger partial charge in [0.05, 0.1) is 45.5 Å². The summed E-state index contributed by atoms with van der Waals surface area (Å²) in [5.41, 5.74) is 0. The minimum atomic E-state index is -3.02. The number of hydrogen-bond acceptors (Lipinski definition) is 2. The molecule has 0 unspecified atom stereocenters. The molecule has 0 aliphatic carbocycles. The summed E-state index contributed by atoms with van der Waals surface area (Å²) >= 11 is 0. The van der Waals surface area contributed by atoms with Gasteiger partial charge < -0.3 is 4.48 Å². The lowest BCUT2D eigenvalue weighted by atomic mass is 10.1. The Hall–Kier alpha value is -0.130. The second kappa shape index (κ2) is 9.11. The van der Waals surface area contributed by atoms with E-state index >= 15 is 0 Å². The number of likely N-dealkylation sites (N-methyl/N-ethyl adjacent to an activating group) is 1. The Morgan fingerprint density at radius 1 is 0.905 bits per heavy atom. The largest absolute Gasteiger partial charge is 0.324 e. The molecule has 0 radical (unpaired) electrons. The highest BCUT2D eigenvalue weighted by Crippen LogP contribution is 2.15. The van der Waals surface area contributed by atoms with E-state index in [1.807, 2.05) is 0 Å². The van der Waals surface area contributed by atoms with Crippen molar-refractivity contribution in [1.29, 1.82) is 0 Å². The van der Waals surface area contributed by atoms with E-state index in [2.05, 4.69) is 20.9 Å². The predicted molar refractivity (Wildman–Crippen MR) is 89.8 cm³/mol. The van der Waals surface area contributed by atoms with Crippen molar-refractivity contribution in [2.45, 2.75) is 58.8 Å². The topological polar surface area (TPSA) is 37.4 Å². The van der Waals surface area contributed by atoms with Crippen molar-refractivity contribution in [2.24, 2.45) is 0 Å². The lowest BCUT2D eigenvalue weighted by Crippen LogP contribution is -2.58. The van der Waals surface area contributed by atoms with Crippen molar-refractivity contribution in [2.75, 3.05) is 45.5 Å². The van der Waals surface area contributed by atoms with Crippen molar-refractivity contribution >= 4 is 10.0 Å². The van der Waals surface area contributed by atoms with Crippen LogP contribution in [0.1, 0.15) is 58.8 Å². The molecule has 0 amide bonds. The molecule has 0 saturated carbocycles. The van der Waals surface area contributed by atoms with Crippen LogP contribution in [0.15, 0.2) is 0 Å². The lowest BCUT2D eigenvalue weighted by Gasteiger charge is -2.40. The molecule has 0 spiro atoms. The van der Waals surface area contributed by atoms with Crippen LogP contribution in [0.2, 0.25) is 0 Å². The fourth-order valence-electron chi connectivity index (χ4n) is 2.89. The second-order valence-corrected chi connectivity index (χ2v) is 8.81. The third kappa shape index (κ3) is 6.66. The van der Waals surface area contributed by atoms with Gasteiger partial charge in [-0.3, -0.25) is 0 Å². The fourth-order valence-corrected chi connectivity index (χ4v) is 4.44. The van der Waals surface area contributed by atoms with Crippen molar-refractivity contribution < 1.29 is 12.9 Å². The molecule has 5 heteroatoms. The molecule has 0 N–H and O–H groups in total.